The summed E-state index contributed by atoms with van der Waals surface area (Å²) in [4.78, 5) is 0. The molecule has 0 aromatic rings. The van der Waals surface area contributed by atoms with Gasteiger partial charge in [0.1, 0.15) is 6.79 Å². The zero-order chi connectivity index (χ0) is 10.5. The Hall–Kier alpha value is 0.517. The van der Waals surface area contributed by atoms with Crippen LogP contribution in [-0.4, -0.2) is 20.0 Å². The molecule has 0 rings (SSSR count). The molecule has 0 unspecified atom stereocenters. The van der Waals surface area contributed by atoms with Crippen molar-refractivity contribution < 1.29 is 28.3 Å². The van der Waals surface area contributed by atoms with E-state index in [1.54, 1.807) is 0 Å². The fraction of sp³-hybridized carbons (Fsp3) is 0.917. The van der Waals surface area contributed by atoms with Crippen LogP contribution in [0.5, 0.6) is 0 Å². The van der Waals surface area contributed by atoms with Gasteiger partial charge in [0.15, 0.2) is 0 Å². The third kappa shape index (κ3) is 17.1. The zero-order valence-corrected chi connectivity index (χ0v) is 10.8. The van der Waals surface area contributed by atoms with Crippen molar-refractivity contribution in [3.05, 3.63) is 6.42 Å². The molecule has 2 nitrogen and oxygen atoms in total. The number of ether oxygens (including phenoxy) is 2. The first-order valence-corrected chi connectivity index (χ1v) is 5.85. The maximum atomic E-state index is 5.33. The Morgan fingerprint density at radius 3 is 2.20 bits per heavy atom. The summed E-state index contributed by atoms with van der Waals surface area (Å²) in [6.45, 7) is 6.42. The smallest absolute Gasteiger partial charge is 0.356 e. The largest absolute Gasteiger partial charge is 1.00 e. The quantitative estimate of drug-likeness (QED) is 0.214. The van der Waals surface area contributed by atoms with Crippen LogP contribution in [0.15, 0.2) is 0 Å². The molecule has 15 heavy (non-hydrogen) atoms. The van der Waals surface area contributed by atoms with Crippen LogP contribution in [0.1, 0.15) is 52.4 Å². The maximum absolute atomic E-state index is 5.33. The topological polar surface area (TPSA) is 18.5 Å². The average molecular weight is 208 g/mol. The first-order valence-electron chi connectivity index (χ1n) is 5.85. The van der Waals surface area contributed by atoms with Crippen molar-refractivity contribution in [2.75, 3.05) is 20.0 Å². The standard InChI is InChI=1S/C12H25O2.Li/c1-3-5-7-9-11-14-12-13-10-8-6-4-2;/h4H,3,5-12H2,1-2H3;/q-1;+1. The van der Waals surface area contributed by atoms with Crippen molar-refractivity contribution in [2.24, 2.45) is 0 Å². The van der Waals surface area contributed by atoms with Gasteiger partial charge >= 0.3 is 18.9 Å². The van der Waals surface area contributed by atoms with Gasteiger partial charge < -0.3 is 15.9 Å². The molecule has 86 valence electrons. The number of hydrogen-bond donors (Lipinski definition) is 0. The van der Waals surface area contributed by atoms with Crippen molar-refractivity contribution in [3.63, 3.8) is 0 Å². The van der Waals surface area contributed by atoms with Crippen LogP contribution >= 0.6 is 0 Å². The van der Waals surface area contributed by atoms with Crippen molar-refractivity contribution in [1.82, 2.24) is 0 Å². The molecule has 0 saturated carbocycles. The van der Waals surface area contributed by atoms with Crippen molar-refractivity contribution in [1.29, 1.82) is 0 Å². The Balaban J connectivity index is 0. The molecule has 0 aliphatic heterocycles. The second-order valence-corrected chi connectivity index (χ2v) is 3.55. The van der Waals surface area contributed by atoms with Gasteiger partial charge in [-0.15, -0.1) is 0 Å². The third-order valence-electron chi connectivity index (χ3n) is 2.09. The van der Waals surface area contributed by atoms with Crippen LogP contribution in [0.2, 0.25) is 0 Å². The van der Waals surface area contributed by atoms with Gasteiger partial charge in [0, 0.05) is 13.2 Å². The molecule has 0 spiro atoms. The summed E-state index contributed by atoms with van der Waals surface area (Å²) in [6, 6.07) is 0. The molecule has 0 heterocycles. The molecule has 0 bridgehead atoms. The van der Waals surface area contributed by atoms with Gasteiger partial charge in [-0.05, 0) is 6.42 Å². The minimum absolute atomic E-state index is 0. The summed E-state index contributed by atoms with van der Waals surface area (Å²) in [7, 11) is 0. The van der Waals surface area contributed by atoms with Crippen molar-refractivity contribution in [3.8, 4) is 0 Å². The normalized spacial score (nSPS) is 10.0. The Bertz CT molecular complexity index is 87.6. The van der Waals surface area contributed by atoms with Crippen LogP contribution in [-0.2, 0) is 9.47 Å². The Morgan fingerprint density at radius 1 is 0.933 bits per heavy atom. The second kappa shape index (κ2) is 16.9. The van der Waals surface area contributed by atoms with Gasteiger partial charge in [-0.2, -0.15) is 13.3 Å². The van der Waals surface area contributed by atoms with Crippen molar-refractivity contribution >= 4 is 0 Å². The first kappa shape index (κ1) is 17.9. The van der Waals surface area contributed by atoms with Crippen LogP contribution in [0.4, 0.5) is 0 Å². The summed E-state index contributed by atoms with van der Waals surface area (Å²) in [5, 5.41) is 0. The van der Waals surface area contributed by atoms with E-state index in [9.17, 15) is 0 Å². The summed E-state index contributed by atoms with van der Waals surface area (Å²) >= 11 is 0. The molecule has 0 aliphatic carbocycles. The number of unbranched alkanes of at least 4 members (excludes halogenated alkanes) is 5. The van der Waals surface area contributed by atoms with E-state index in [2.05, 4.69) is 20.3 Å². The maximum Gasteiger partial charge on any atom is 1.00 e. The summed E-state index contributed by atoms with van der Waals surface area (Å²) < 4.78 is 10.6. The minimum atomic E-state index is 0. The van der Waals surface area contributed by atoms with Gasteiger partial charge in [-0.25, -0.2) is 0 Å². The molecule has 0 aromatic carbocycles. The zero-order valence-electron chi connectivity index (χ0n) is 10.8. The molecule has 3 heteroatoms. The predicted molar refractivity (Wildman–Crippen MR) is 60.1 cm³/mol. The molecule has 0 radical (unpaired) electrons. The Kier molecular flexibility index (Phi) is 20.2. The number of rotatable bonds is 11. The molecular formula is C12H25LiO2. The fourth-order valence-corrected chi connectivity index (χ4v) is 1.20. The number of hydrogen-bond acceptors (Lipinski definition) is 2. The van der Waals surface area contributed by atoms with E-state index in [1.165, 1.54) is 25.7 Å². The van der Waals surface area contributed by atoms with Crippen LogP contribution in [0.3, 0.4) is 0 Å². The predicted octanol–water partition coefficient (Wildman–Crippen LogP) is 0.566. The minimum Gasteiger partial charge on any atom is -0.356 e. The van der Waals surface area contributed by atoms with Gasteiger partial charge in [-0.1, -0.05) is 32.6 Å². The van der Waals surface area contributed by atoms with E-state index in [1.807, 2.05) is 0 Å². The van der Waals surface area contributed by atoms with Gasteiger partial charge in [0.25, 0.3) is 0 Å². The average Bonchev–Trinajstić information content (AvgIpc) is 2.21. The van der Waals surface area contributed by atoms with Crippen LogP contribution in [0, 0.1) is 6.42 Å². The molecule has 0 fully saturated rings. The fourth-order valence-electron chi connectivity index (χ4n) is 1.20. The molecular weight excluding hydrogens is 183 g/mol. The SMILES string of the molecule is C[CH-]CCCOCOCCCCCC.[Li+]. The van der Waals surface area contributed by atoms with Crippen LogP contribution < -0.4 is 18.9 Å². The van der Waals surface area contributed by atoms with E-state index in [4.69, 9.17) is 9.47 Å². The molecule has 0 amide bonds. The van der Waals surface area contributed by atoms with Crippen molar-refractivity contribution in [2.45, 2.75) is 52.4 Å². The van der Waals surface area contributed by atoms with E-state index >= 15 is 0 Å². The first-order chi connectivity index (χ1) is 6.91. The Labute approximate surface area is 107 Å². The van der Waals surface area contributed by atoms with Gasteiger partial charge in [0.2, 0.25) is 0 Å². The van der Waals surface area contributed by atoms with E-state index < -0.39 is 0 Å². The van der Waals surface area contributed by atoms with E-state index in [0.29, 0.717) is 6.79 Å². The van der Waals surface area contributed by atoms with E-state index in [-0.39, 0.29) is 18.9 Å². The van der Waals surface area contributed by atoms with Gasteiger partial charge in [0.05, 0.1) is 0 Å². The summed E-state index contributed by atoms with van der Waals surface area (Å²) in [5.74, 6) is 0. The van der Waals surface area contributed by atoms with E-state index in [0.717, 1.165) is 26.1 Å². The molecule has 0 N–H and O–H groups in total. The third-order valence-corrected chi connectivity index (χ3v) is 2.09. The Morgan fingerprint density at radius 2 is 1.60 bits per heavy atom. The molecule has 0 aliphatic rings. The van der Waals surface area contributed by atoms with Crippen LogP contribution in [0.25, 0.3) is 0 Å². The molecule has 0 saturated heterocycles. The molecule has 0 atom stereocenters. The van der Waals surface area contributed by atoms with Gasteiger partial charge in [-0.3, -0.25) is 0 Å². The molecule has 0 aromatic heterocycles. The summed E-state index contributed by atoms with van der Waals surface area (Å²) in [6.07, 6.45) is 9.45. The second-order valence-electron chi connectivity index (χ2n) is 3.55. The monoisotopic (exact) mass is 208 g/mol. The summed E-state index contributed by atoms with van der Waals surface area (Å²) in [5.41, 5.74) is 0.